The molecular weight excluding hydrogens is 232 g/mol. The van der Waals surface area contributed by atoms with Crippen LogP contribution in [0.15, 0.2) is 23.0 Å². The molecule has 1 atom stereocenters. The third-order valence-electron chi connectivity index (χ3n) is 3.83. The Hall–Kier alpha value is -1.33. The smallest absolute Gasteiger partial charge is 0.248 e. The topological polar surface area (TPSA) is 45.9 Å². The predicted octanol–water partition coefficient (Wildman–Crippen LogP) is 0.713. The van der Waals surface area contributed by atoms with E-state index >= 15 is 0 Å². The van der Waals surface area contributed by atoms with Crippen LogP contribution in [0.2, 0.25) is 0 Å². The Kier molecular flexibility index (Phi) is 2.87. The minimum absolute atomic E-state index is 0.0777. The molecule has 1 amide bonds. The van der Waals surface area contributed by atoms with E-state index in [1.807, 2.05) is 13.1 Å². The first kappa shape index (κ1) is 11.7. The molecule has 5 nitrogen and oxygen atoms in total. The van der Waals surface area contributed by atoms with Crippen molar-refractivity contribution in [3.63, 3.8) is 0 Å². The molecule has 0 saturated carbocycles. The third kappa shape index (κ3) is 2.15. The van der Waals surface area contributed by atoms with Crippen molar-refractivity contribution in [1.29, 1.82) is 0 Å². The minimum atomic E-state index is -0.160. The summed E-state index contributed by atoms with van der Waals surface area (Å²) in [7, 11) is 1.85. The van der Waals surface area contributed by atoms with Gasteiger partial charge in [-0.2, -0.15) is 0 Å². The van der Waals surface area contributed by atoms with Gasteiger partial charge in [-0.05, 0) is 12.5 Å². The molecule has 0 radical (unpaired) electrons. The highest BCUT2D eigenvalue weighted by molar-refractivity contribution is 5.78. The number of morpholine rings is 1. The van der Waals surface area contributed by atoms with Crippen LogP contribution in [0.5, 0.6) is 0 Å². The maximum absolute atomic E-state index is 11.4. The van der Waals surface area contributed by atoms with E-state index in [1.165, 1.54) is 5.56 Å². The van der Waals surface area contributed by atoms with Gasteiger partial charge >= 0.3 is 0 Å². The molecule has 0 aliphatic carbocycles. The summed E-state index contributed by atoms with van der Waals surface area (Å²) in [5.41, 5.74) is 1.03. The van der Waals surface area contributed by atoms with E-state index in [4.69, 9.17) is 9.15 Å². The molecule has 2 aliphatic heterocycles. The molecule has 1 aromatic heterocycles. The number of furan rings is 1. The van der Waals surface area contributed by atoms with Gasteiger partial charge in [0.25, 0.3) is 0 Å². The highest BCUT2D eigenvalue weighted by atomic mass is 16.5. The number of rotatable bonds is 2. The molecule has 3 rings (SSSR count). The third-order valence-corrected chi connectivity index (χ3v) is 3.83. The zero-order valence-corrected chi connectivity index (χ0v) is 10.6. The lowest BCUT2D eigenvalue weighted by Gasteiger charge is -2.38. The summed E-state index contributed by atoms with van der Waals surface area (Å²) in [6.07, 6.45) is 4.47. The Morgan fingerprint density at radius 3 is 3.06 bits per heavy atom. The lowest BCUT2D eigenvalue weighted by molar-refractivity contribution is -0.159. The first-order chi connectivity index (χ1) is 8.67. The number of likely N-dealkylation sites (N-methyl/N-ethyl adjacent to an activating group) is 1. The second kappa shape index (κ2) is 4.40. The standard InChI is InChI=1S/C13H18N2O3/c1-14-9-13(18-8-12(14)16)3-4-15(10-13)6-11-2-5-17-7-11/h2,5,7H,3-4,6,8-10H2,1H3. The van der Waals surface area contributed by atoms with Crippen LogP contribution in [0.4, 0.5) is 0 Å². The van der Waals surface area contributed by atoms with Crippen molar-refractivity contribution in [2.24, 2.45) is 0 Å². The van der Waals surface area contributed by atoms with Crippen LogP contribution in [0.25, 0.3) is 0 Å². The van der Waals surface area contributed by atoms with E-state index in [9.17, 15) is 4.79 Å². The molecule has 1 aromatic rings. The van der Waals surface area contributed by atoms with Crippen LogP contribution in [0.3, 0.4) is 0 Å². The Morgan fingerprint density at radius 1 is 1.44 bits per heavy atom. The number of ether oxygens (including phenoxy) is 1. The van der Waals surface area contributed by atoms with Crippen molar-refractivity contribution in [3.05, 3.63) is 24.2 Å². The molecule has 2 aliphatic rings. The number of likely N-dealkylation sites (tertiary alicyclic amines) is 1. The van der Waals surface area contributed by atoms with Crippen LogP contribution in [0, 0.1) is 0 Å². The van der Waals surface area contributed by atoms with Gasteiger partial charge in [0.05, 0.1) is 19.1 Å². The lowest BCUT2D eigenvalue weighted by atomic mass is 10.0. The van der Waals surface area contributed by atoms with Crippen molar-refractivity contribution in [1.82, 2.24) is 9.80 Å². The molecule has 3 heterocycles. The van der Waals surface area contributed by atoms with Crippen molar-refractivity contribution in [2.75, 3.05) is 33.3 Å². The summed E-state index contributed by atoms with van der Waals surface area (Å²) in [6.45, 7) is 3.70. The van der Waals surface area contributed by atoms with E-state index in [0.29, 0.717) is 6.54 Å². The molecule has 18 heavy (non-hydrogen) atoms. The zero-order chi connectivity index (χ0) is 12.6. The van der Waals surface area contributed by atoms with E-state index in [2.05, 4.69) is 4.90 Å². The first-order valence-corrected chi connectivity index (χ1v) is 6.28. The fourth-order valence-electron chi connectivity index (χ4n) is 2.84. The number of carbonyl (C=O) groups is 1. The van der Waals surface area contributed by atoms with Crippen LogP contribution in [0.1, 0.15) is 12.0 Å². The van der Waals surface area contributed by atoms with E-state index in [0.717, 1.165) is 26.1 Å². The zero-order valence-electron chi connectivity index (χ0n) is 10.6. The lowest BCUT2D eigenvalue weighted by Crippen LogP contribution is -2.54. The van der Waals surface area contributed by atoms with Crippen LogP contribution < -0.4 is 0 Å². The molecule has 0 bridgehead atoms. The summed E-state index contributed by atoms with van der Waals surface area (Å²) < 4.78 is 10.9. The normalized spacial score (nSPS) is 29.4. The molecule has 0 aromatic carbocycles. The predicted molar refractivity (Wildman–Crippen MR) is 64.9 cm³/mol. The fourth-order valence-corrected chi connectivity index (χ4v) is 2.84. The molecule has 2 saturated heterocycles. The SMILES string of the molecule is CN1CC2(CCN(Cc3ccoc3)C2)OCC1=O. The van der Waals surface area contributed by atoms with Gasteiger partial charge in [-0.15, -0.1) is 0 Å². The average Bonchev–Trinajstić information content (AvgIpc) is 2.96. The second-order valence-corrected chi connectivity index (χ2v) is 5.31. The number of carbonyl (C=O) groups excluding carboxylic acids is 1. The summed E-state index contributed by atoms with van der Waals surface area (Å²) in [5, 5.41) is 0. The van der Waals surface area contributed by atoms with Gasteiger partial charge in [0.1, 0.15) is 12.2 Å². The molecule has 98 valence electrons. The van der Waals surface area contributed by atoms with Crippen LogP contribution >= 0.6 is 0 Å². The maximum Gasteiger partial charge on any atom is 0.248 e. The van der Waals surface area contributed by atoms with Gasteiger partial charge in [-0.1, -0.05) is 0 Å². The van der Waals surface area contributed by atoms with Crippen LogP contribution in [-0.2, 0) is 16.1 Å². The Labute approximate surface area is 106 Å². The number of hydrogen-bond donors (Lipinski definition) is 0. The summed E-state index contributed by atoms with van der Waals surface area (Å²) in [6, 6.07) is 1.99. The first-order valence-electron chi connectivity index (χ1n) is 6.28. The Morgan fingerprint density at radius 2 is 2.33 bits per heavy atom. The minimum Gasteiger partial charge on any atom is -0.472 e. The number of amides is 1. The molecule has 5 heteroatoms. The van der Waals surface area contributed by atoms with Gasteiger partial charge in [0.2, 0.25) is 5.91 Å². The summed E-state index contributed by atoms with van der Waals surface area (Å²) in [5.74, 6) is 0.0777. The molecular formula is C13H18N2O3. The summed E-state index contributed by atoms with van der Waals surface area (Å²) >= 11 is 0. The van der Waals surface area contributed by atoms with Crippen molar-refractivity contribution in [3.8, 4) is 0 Å². The fraction of sp³-hybridized carbons (Fsp3) is 0.615. The van der Waals surface area contributed by atoms with E-state index in [1.54, 1.807) is 17.4 Å². The van der Waals surface area contributed by atoms with Gasteiger partial charge in [-0.25, -0.2) is 0 Å². The average molecular weight is 250 g/mol. The highest BCUT2D eigenvalue weighted by Crippen LogP contribution is 2.30. The van der Waals surface area contributed by atoms with E-state index in [-0.39, 0.29) is 18.1 Å². The monoisotopic (exact) mass is 250 g/mol. The maximum atomic E-state index is 11.4. The van der Waals surface area contributed by atoms with Crippen molar-refractivity contribution in [2.45, 2.75) is 18.6 Å². The summed E-state index contributed by atoms with van der Waals surface area (Å²) in [4.78, 5) is 15.6. The molecule has 1 unspecified atom stereocenters. The van der Waals surface area contributed by atoms with Crippen molar-refractivity contribution >= 4 is 5.91 Å². The van der Waals surface area contributed by atoms with Crippen molar-refractivity contribution < 1.29 is 13.9 Å². The Balaban J connectivity index is 1.62. The number of hydrogen-bond acceptors (Lipinski definition) is 4. The highest BCUT2D eigenvalue weighted by Gasteiger charge is 2.43. The van der Waals surface area contributed by atoms with Gasteiger partial charge in [0, 0.05) is 32.2 Å². The molecule has 0 N–H and O–H groups in total. The van der Waals surface area contributed by atoms with Crippen LogP contribution in [-0.4, -0.2) is 54.6 Å². The van der Waals surface area contributed by atoms with Gasteiger partial charge < -0.3 is 14.1 Å². The van der Waals surface area contributed by atoms with E-state index < -0.39 is 0 Å². The van der Waals surface area contributed by atoms with Gasteiger partial charge in [-0.3, -0.25) is 9.69 Å². The second-order valence-electron chi connectivity index (χ2n) is 5.31. The van der Waals surface area contributed by atoms with Gasteiger partial charge in [0.15, 0.2) is 0 Å². The molecule has 2 fully saturated rings. The Bertz CT molecular complexity index is 431. The number of nitrogens with zero attached hydrogens (tertiary/aromatic N) is 2. The molecule has 1 spiro atoms. The largest absolute Gasteiger partial charge is 0.472 e. The quantitative estimate of drug-likeness (QED) is 0.775.